The largest absolute Gasteiger partial charge is 0.309 e. The SMILES string of the molecule is CSCC(C)NCc1ccc2c(c1)CCC2. The molecule has 88 valence electrons. The lowest BCUT2D eigenvalue weighted by Gasteiger charge is -2.13. The Morgan fingerprint density at radius 2 is 2.12 bits per heavy atom. The Kier molecular flexibility index (Phi) is 4.30. The Hall–Kier alpha value is -0.470. The van der Waals surface area contributed by atoms with Crippen molar-refractivity contribution >= 4 is 11.8 Å². The molecule has 0 saturated heterocycles. The van der Waals surface area contributed by atoms with Gasteiger partial charge in [-0.25, -0.2) is 0 Å². The number of fused-ring (bicyclic) bond motifs is 1. The van der Waals surface area contributed by atoms with E-state index in [4.69, 9.17) is 0 Å². The highest BCUT2D eigenvalue weighted by Gasteiger charge is 2.10. The quantitative estimate of drug-likeness (QED) is 0.842. The van der Waals surface area contributed by atoms with Gasteiger partial charge in [-0.3, -0.25) is 0 Å². The fraction of sp³-hybridized carbons (Fsp3) is 0.571. The summed E-state index contributed by atoms with van der Waals surface area (Å²) in [6, 6.07) is 7.59. The third kappa shape index (κ3) is 3.02. The maximum absolute atomic E-state index is 3.57. The molecule has 16 heavy (non-hydrogen) atoms. The molecule has 1 nitrogen and oxygen atoms in total. The van der Waals surface area contributed by atoms with Gasteiger partial charge in [-0.2, -0.15) is 11.8 Å². The van der Waals surface area contributed by atoms with Gasteiger partial charge in [0.1, 0.15) is 0 Å². The molecule has 0 radical (unpaired) electrons. The maximum atomic E-state index is 3.57. The Bertz CT molecular complexity index is 349. The zero-order valence-electron chi connectivity index (χ0n) is 10.3. The van der Waals surface area contributed by atoms with Gasteiger partial charge in [-0.15, -0.1) is 0 Å². The number of benzene rings is 1. The second kappa shape index (κ2) is 5.74. The molecule has 0 saturated carbocycles. The molecule has 1 aliphatic carbocycles. The van der Waals surface area contributed by atoms with Gasteiger partial charge in [0.2, 0.25) is 0 Å². The van der Waals surface area contributed by atoms with Gasteiger partial charge in [-0.05, 0) is 49.1 Å². The zero-order chi connectivity index (χ0) is 11.4. The van der Waals surface area contributed by atoms with E-state index in [-0.39, 0.29) is 0 Å². The Morgan fingerprint density at radius 3 is 2.94 bits per heavy atom. The normalized spacial score (nSPS) is 16.1. The van der Waals surface area contributed by atoms with Crippen LogP contribution in [0, 0.1) is 0 Å². The van der Waals surface area contributed by atoms with E-state index in [2.05, 4.69) is 36.7 Å². The third-order valence-corrected chi connectivity index (χ3v) is 4.07. The van der Waals surface area contributed by atoms with E-state index in [1.165, 1.54) is 30.6 Å². The summed E-state index contributed by atoms with van der Waals surface area (Å²) in [6.07, 6.45) is 6.07. The van der Waals surface area contributed by atoms with Gasteiger partial charge < -0.3 is 5.32 Å². The molecule has 2 heteroatoms. The van der Waals surface area contributed by atoms with Crippen LogP contribution in [0.2, 0.25) is 0 Å². The fourth-order valence-corrected chi connectivity index (χ4v) is 2.95. The first-order chi connectivity index (χ1) is 7.79. The fourth-order valence-electron chi connectivity index (χ4n) is 2.34. The van der Waals surface area contributed by atoms with Gasteiger partial charge >= 0.3 is 0 Å². The molecule has 0 heterocycles. The van der Waals surface area contributed by atoms with Crippen LogP contribution in [0.15, 0.2) is 18.2 Å². The molecule has 0 spiro atoms. The second-order valence-electron chi connectivity index (χ2n) is 4.69. The Morgan fingerprint density at radius 1 is 1.31 bits per heavy atom. The first-order valence-corrected chi connectivity index (χ1v) is 7.52. The van der Waals surface area contributed by atoms with E-state index >= 15 is 0 Å². The van der Waals surface area contributed by atoms with E-state index in [1.807, 2.05) is 11.8 Å². The first-order valence-electron chi connectivity index (χ1n) is 6.12. The lowest BCUT2D eigenvalue weighted by atomic mass is 10.1. The Labute approximate surface area is 103 Å². The lowest BCUT2D eigenvalue weighted by molar-refractivity contribution is 0.596. The van der Waals surface area contributed by atoms with Crippen molar-refractivity contribution in [3.05, 3.63) is 34.9 Å². The molecule has 1 atom stereocenters. The third-order valence-electron chi connectivity index (χ3n) is 3.23. The van der Waals surface area contributed by atoms with Crippen molar-refractivity contribution < 1.29 is 0 Å². The topological polar surface area (TPSA) is 12.0 Å². The van der Waals surface area contributed by atoms with Crippen LogP contribution in [-0.4, -0.2) is 18.1 Å². The predicted molar refractivity (Wildman–Crippen MR) is 73.2 cm³/mol. The van der Waals surface area contributed by atoms with Crippen LogP contribution in [0.4, 0.5) is 0 Å². The van der Waals surface area contributed by atoms with Gasteiger partial charge in [0.15, 0.2) is 0 Å². The zero-order valence-corrected chi connectivity index (χ0v) is 11.1. The highest BCUT2D eigenvalue weighted by molar-refractivity contribution is 7.98. The molecule has 1 aromatic carbocycles. The van der Waals surface area contributed by atoms with Gasteiger partial charge in [0.25, 0.3) is 0 Å². The van der Waals surface area contributed by atoms with Gasteiger partial charge in [0.05, 0.1) is 0 Å². The summed E-state index contributed by atoms with van der Waals surface area (Å²) < 4.78 is 0. The van der Waals surface area contributed by atoms with Crippen molar-refractivity contribution in [2.75, 3.05) is 12.0 Å². The van der Waals surface area contributed by atoms with Crippen LogP contribution in [0.3, 0.4) is 0 Å². The maximum Gasteiger partial charge on any atom is 0.0208 e. The second-order valence-corrected chi connectivity index (χ2v) is 5.60. The van der Waals surface area contributed by atoms with Crippen LogP contribution in [-0.2, 0) is 19.4 Å². The van der Waals surface area contributed by atoms with Crippen LogP contribution >= 0.6 is 11.8 Å². The van der Waals surface area contributed by atoms with E-state index < -0.39 is 0 Å². The molecule has 1 aliphatic rings. The molecular weight excluding hydrogens is 214 g/mol. The molecule has 1 aromatic rings. The monoisotopic (exact) mass is 235 g/mol. The van der Waals surface area contributed by atoms with Crippen molar-refractivity contribution in [3.63, 3.8) is 0 Å². The van der Waals surface area contributed by atoms with Gasteiger partial charge in [0, 0.05) is 18.3 Å². The number of rotatable bonds is 5. The summed E-state index contributed by atoms with van der Waals surface area (Å²) in [5.41, 5.74) is 4.59. The number of aryl methyl sites for hydroxylation is 2. The highest BCUT2D eigenvalue weighted by atomic mass is 32.2. The van der Waals surface area contributed by atoms with Crippen molar-refractivity contribution in [1.29, 1.82) is 0 Å². The van der Waals surface area contributed by atoms with Gasteiger partial charge in [-0.1, -0.05) is 18.2 Å². The highest BCUT2D eigenvalue weighted by Crippen LogP contribution is 2.22. The van der Waals surface area contributed by atoms with E-state index in [9.17, 15) is 0 Å². The summed E-state index contributed by atoms with van der Waals surface area (Å²) in [5.74, 6) is 1.19. The van der Waals surface area contributed by atoms with E-state index in [1.54, 1.807) is 11.1 Å². The molecule has 2 rings (SSSR count). The van der Waals surface area contributed by atoms with Crippen molar-refractivity contribution in [2.24, 2.45) is 0 Å². The summed E-state index contributed by atoms with van der Waals surface area (Å²) in [6.45, 7) is 3.26. The molecule has 0 aromatic heterocycles. The van der Waals surface area contributed by atoms with Crippen LogP contribution in [0.1, 0.15) is 30.0 Å². The number of thioether (sulfide) groups is 1. The first kappa shape index (κ1) is 12.0. The minimum absolute atomic E-state index is 0.600. The summed E-state index contributed by atoms with van der Waals surface area (Å²) >= 11 is 1.90. The molecule has 1 N–H and O–H groups in total. The van der Waals surface area contributed by atoms with Crippen molar-refractivity contribution in [1.82, 2.24) is 5.32 Å². The summed E-state index contributed by atoms with van der Waals surface area (Å²) in [7, 11) is 0. The van der Waals surface area contributed by atoms with E-state index in [0.717, 1.165) is 6.54 Å². The standard InChI is InChI=1S/C14H21NS/c1-11(10-16-2)15-9-12-6-7-13-4-3-5-14(13)8-12/h6-8,11,15H,3-5,9-10H2,1-2H3. The smallest absolute Gasteiger partial charge is 0.0208 e. The van der Waals surface area contributed by atoms with Crippen molar-refractivity contribution in [2.45, 2.75) is 38.8 Å². The number of nitrogens with one attached hydrogen (secondary N) is 1. The average Bonchev–Trinajstić information content (AvgIpc) is 2.74. The molecule has 0 aliphatic heterocycles. The minimum Gasteiger partial charge on any atom is -0.309 e. The molecule has 0 bridgehead atoms. The Balaban J connectivity index is 1.90. The average molecular weight is 235 g/mol. The van der Waals surface area contributed by atoms with Crippen LogP contribution in [0.25, 0.3) is 0 Å². The molecule has 1 unspecified atom stereocenters. The van der Waals surface area contributed by atoms with E-state index in [0.29, 0.717) is 6.04 Å². The predicted octanol–water partition coefficient (Wildman–Crippen LogP) is 3.02. The van der Waals surface area contributed by atoms with Crippen LogP contribution < -0.4 is 5.32 Å². The molecular formula is C14H21NS. The van der Waals surface area contributed by atoms with Crippen molar-refractivity contribution in [3.8, 4) is 0 Å². The number of hydrogen-bond donors (Lipinski definition) is 1. The number of hydrogen-bond acceptors (Lipinski definition) is 2. The minimum atomic E-state index is 0.600. The summed E-state index contributed by atoms with van der Waals surface area (Å²) in [4.78, 5) is 0. The molecule has 0 fully saturated rings. The van der Waals surface area contributed by atoms with Crippen LogP contribution in [0.5, 0.6) is 0 Å². The lowest BCUT2D eigenvalue weighted by Crippen LogP contribution is -2.27. The summed E-state index contributed by atoms with van der Waals surface area (Å²) in [5, 5.41) is 3.57. The molecule has 0 amide bonds.